The van der Waals surface area contributed by atoms with Crippen LogP contribution in [0.15, 0.2) is 53.3 Å². The number of rotatable bonds is 6. The van der Waals surface area contributed by atoms with Gasteiger partial charge in [-0.25, -0.2) is 19.0 Å². The highest BCUT2D eigenvalue weighted by atomic mass is 19.1. The molecule has 46 heavy (non-hydrogen) atoms. The van der Waals surface area contributed by atoms with Crippen molar-refractivity contribution in [2.45, 2.75) is 73.6 Å². The molecule has 12 heteroatoms. The molecule has 0 radical (unpaired) electrons. The van der Waals surface area contributed by atoms with Gasteiger partial charge in [-0.3, -0.25) is 19.1 Å². The molecule has 4 rings (SSSR count). The monoisotopic (exact) mass is 640 g/mol. The van der Waals surface area contributed by atoms with Gasteiger partial charge in [-0.1, -0.05) is 58.0 Å². The van der Waals surface area contributed by atoms with Crippen LogP contribution in [0.25, 0.3) is 0 Å². The maximum absolute atomic E-state index is 13.7. The quantitative estimate of drug-likeness (QED) is 0.338. The number of hydrogen-bond acceptors (Lipinski definition) is 8. The smallest absolute Gasteiger partial charge is 0.411 e. The molecule has 2 amide bonds. The fourth-order valence-electron chi connectivity index (χ4n) is 4.32. The van der Waals surface area contributed by atoms with E-state index in [1.54, 1.807) is 45.9 Å². The Labute approximate surface area is 269 Å². The highest BCUT2D eigenvalue weighted by Crippen LogP contribution is 2.26. The second kappa shape index (κ2) is 17.2. The number of nitrogens with one attached hydrogen (secondary N) is 1. The van der Waals surface area contributed by atoms with Gasteiger partial charge in [0.15, 0.2) is 5.69 Å². The average Bonchev–Trinajstić information content (AvgIpc) is 3.04. The van der Waals surface area contributed by atoms with Gasteiger partial charge in [-0.15, -0.1) is 0 Å². The highest BCUT2D eigenvalue weighted by Gasteiger charge is 2.36. The van der Waals surface area contributed by atoms with Crippen molar-refractivity contribution in [2.75, 3.05) is 19.8 Å². The van der Waals surface area contributed by atoms with Gasteiger partial charge in [-0.05, 0) is 57.0 Å². The van der Waals surface area contributed by atoms with Crippen molar-refractivity contribution in [3.05, 3.63) is 92.9 Å². The van der Waals surface area contributed by atoms with Crippen LogP contribution in [-0.2, 0) is 23.1 Å². The second-order valence-electron chi connectivity index (χ2n) is 10.8. The lowest BCUT2D eigenvalue weighted by atomic mass is 10.1. The summed E-state index contributed by atoms with van der Waals surface area (Å²) in [6, 6.07) is 11.3. The van der Waals surface area contributed by atoms with E-state index in [1.165, 1.54) is 42.3 Å². The largest absolute Gasteiger partial charge is 0.444 e. The molecule has 1 aliphatic heterocycles. The first kappa shape index (κ1) is 37.6. The topological polar surface area (TPSA) is 129 Å². The van der Waals surface area contributed by atoms with E-state index in [0.717, 1.165) is 4.57 Å². The summed E-state index contributed by atoms with van der Waals surface area (Å²) in [4.78, 5) is 59.1. The van der Waals surface area contributed by atoms with Crippen LogP contribution >= 0.6 is 0 Å². The molecule has 2 heterocycles. The number of ether oxygens (including phenoxy) is 3. The van der Waals surface area contributed by atoms with Gasteiger partial charge in [0.2, 0.25) is 5.75 Å². The highest BCUT2D eigenvalue weighted by molar-refractivity contribution is 5.97. The number of carbonyl (C=O) groups excluding carboxylic acids is 3. The van der Waals surface area contributed by atoms with Crippen LogP contribution in [0.4, 0.5) is 9.18 Å². The molecule has 2 aromatic carbocycles. The minimum absolute atomic E-state index is 0.0154. The van der Waals surface area contributed by atoms with Crippen molar-refractivity contribution in [1.29, 1.82) is 0 Å². The van der Waals surface area contributed by atoms with E-state index < -0.39 is 52.4 Å². The molecule has 0 saturated carbocycles. The number of esters is 1. The third kappa shape index (κ3) is 9.71. The number of aryl methyl sites for hydroxylation is 1. The Morgan fingerprint density at radius 2 is 1.67 bits per heavy atom. The maximum atomic E-state index is 13.7. The van der Waals surface area contributed by atoms with E-state index in [0.29, 0.717) is 11.1 Å². The molecule has 250 valence electrons. The van der Waals surface area contributed by atoms with Gasteiger partial charge in [0.1, 0.15) is 23.3 Å². The molecule has 1 unspecified atom stereocenters. The van der Waals surface area contributed by atoms with Crippen LogP contribution in [0.3, 0.4) is 0 Å². The van der Waals surface area contributed by atoms with Crippen molar-refractivity contribution >= 4 is 18.0 Å². The number of benzene rings is 2. The minimum atomic E-state index is -0.879. The fourth-order valence-corrected chi connectivity index (χ4v) is 4.32. The summed E-state index contributed by atoms with van der Waals surface area (Å²) in [6.45, 7) is 15.3. The van der Waals surface area contributed by atoms with E-state index in [1.807, 2.05) is 27.7 Å². The van der Waals surface area contributed by atoms with Crippen LogP contribution in [0, 0.1) is 12.7 Å². The van der Waals surface area contributed by atoms with Gasteiger partial charge in [0.25, 0.3) is 11.5 Å². The summed E-state index contributed by atoms with van der Waals surface area (Å²) >= 11 is 0. The summed E-state index contributed by atoms with van der Waals surface area (Å²) in [5, 5.41) is 2.64. The van der Waals surface area contributed by atoms with Gasteiger partial charge < -0.3 is 19.5 Å². The SMILES string of the molecule is CC.CC.Cc1ccccc1C(=O)Oc1c(C(=O)NCc2ccc(F)cc2)nc(C2COCCN2C(=O)OC(C)(C)C)n(C)c1=O. The number of carbonyl (C=O) groups is 3. The zero-order chi connectivity index (χ0) is 34.6. The molecular formula is C34H45FN4O7. The fraction of sp³-hybridized carbons (Fsp3) is 0.441. The molecule has 1 aromatic heterocycles. The van der Waals surface area contributed by atoms with E-state index in [4.69, 9.17) is 14.2 Å². The third-order valence-electron chi connectivity index (χ3n) is 6.48. The lowest BCUT2D eigenvalue weighted by molar-refractivity contribution is -0.0360. The average molecular weight is 641 g/mol. The van der Waals surface area contributed by atoms with Crippen molar-refractivity contribution < 1.29 is 33.0 Å². The minimum Gasteiger partial charge on any atom is -0.444 e. The van der Waals surface area contributed by atoms with Crippen LogP contribution in [-0.4, -0.2) is 57.8 Å². The van der Waals surface area contributed by atoms with Crippen molar-refractivity contribution in [1.82, 2.24) is 19.8 Å². The first-order chi connectivity index (χ1) is 21.9. The Bertz CT molecular complexity index is 1550. The Kier molecular flexibility index (Phi) is 14.1. The Balaban J connectivity index is 0.00000177. The normalized spacial score (nSPS) is 14.1. The first-order valence-electron chi connectivity index (χ1n) is 15.3. The molecule has 3 aromatic rings. The van der Waals surface area contributed by atoms with Crippen LogP contribution in [0.5, 0.6) is 5.75 Å². The second-order valence-corrected chi connectivity index (χ2v) is 10.8. The van der Waals surface area contributed by atoms with Gasteiger partial charge in [0.05, 0.1) is 18.8 Å². The number of aromatic nitrogens is 2. The van der Waals surface area contributed by atoms with Crippen LogP contribution in [0.1, 0.15) is 92.3 Å². The predicted molar refractivity (Wildman–Crippen MR) is 172 cm³/mol. The summed E-state index contributed by atoms with van der Waals surface area (Å²) in [7, 11) is 1.40. The molecule has 1 aliphatic rings. The molecule has 0 spiro atoms. The zero-order valence-electron chi connectivity index (χ0n) is 28.1. The Morgan fingerprint density at radius 3 is 2.28 bits per heavy atom. The summed E-state index contributed by atoms with van der Waals surface area (Å²) in [6.07, 6.45) is -0.637. The molecule has 1 saturated heterocycles. The van der Waals surface area contributed by atoms with Crippen molar-refractivity contribution in [2.24, 2.45) is 7.05 Å². The van der Waals surface area contributed by atoms with Crippen molar-refractivity contribution in [3.63, 3.8) is 0 Å². The number of nitrogens with zero attached hydrogens (tertiary/aromatic N) is 3. The molecule has 1 fully saturated rings. The number of morpholine rings is 1. The summed E-state index contributed by atoms with van der Waals surface area (Å²) in [5.74, 6) is -2.63. The molecule has 11 nitrogen and oxygen atoms in total. The number of hydrogen-bond donors (Lipinski definition) is 1. The zero-order valence-corrected chi connectivity index (χ0v) is 28.1. The standard InChI is InChI=1S/C30H33FN4O7.2C2H6/c1-18-8-6-7-9-21(18)28(38)41-24-23(26(36)32-16-19-10-12-20(31)13-11-19)33-25(34(5)27(24)37)22-17-40-15-14-35(22)29(39)42-30(2,3)4;2*1-2/h6-13,22H,14-17H2,1-5H3,(H,32,36);2*1-2H3. The van der Waals surface area contributed by atoms with E-state index in [9.17, 15) is 23.6 Å². The number of halogens is 1. The predicted octanol–water partition coefficient (Wildman–Crippen LogP) is 5.74. The lowest BCUT2D eigenvalue weighted by Crippen LogP contribution is -2.48. The summed E-state index contributed by atoms with van der Waals surface area (Å²) < 4.78 is 31.1. The van der Waals surface area contributed by atoms with Crippen LogP contribution < -0.4 is 15.6 Å². The van der Waals surface area contributed by atoms with E-state index in [-0.39, 0.29) is 37.7 Å². The van der Waals surface area contributed by atoms with Gasteiger partial charge in [-0.2, -0.15) is 0 Å². The summed E-state index contributed by atoms with van der Waals surface area (Å²) in [5.41, 5.74) is -0.644. The Morgan fingerprint density at radius 1 is 1.04 bits per heavy atom. The third-order valence-corrected chi connectivity index (χ3v) is 6.48. The van der Waals surface area contributed by atoms with Crippen LogP contribution in [0.2, 0.25) is 0 Å². The molecule has 0 bridgehead atoms. The van der Waals surface area contributed by atoms with E-state index in [2.05, 4.69) is 10.3 Å². The molecular weight excluding hydrogens is 595 g/mol. The molecule has 1 atom stereocenters. The van der Waals surface area contributed by atoms with Gasteiger partial charge in [0, 0.05) is 20.1 Å². The van der Waals surface area contributed by atoms with E-state index >= 15 is 0 Å². The van der Waals surface area contributed by atoms with Gasteiger partial charge >= 0.3 is 12.1 Å². The van der Waals surface area contributed by atoms with Crippen molar-refractivity contribution in [3.8, 4) is 5.75 Å². The molecule has 0 aliphatic carbocycles. The Hall–Kier alpha value is -4.58. The molecule has 1 N–H and O–H groups in total. The first-order valence-corrected chi connectivity index (χ1v) is 15.3. The number of amides is 2. The maximum Gasteiger partial charge on any atom is 0.411 e. The lowest BCUT2D eigenvalue weighted by Gasteiger charge is -2.36.